The van der Waals surface area contributed by atoms with Crippen molar-refractivity contribution in [2.24, 2.45) is 5.73 Å². The van der Waals surface area contributed by atoms with E-state index in [9.17, 15) is 0 Å². The fraction of sp³-hybridized carbons (Fsp3) is 0.500. The number of ether oxygens (including phenoxy) is 1. The summed E-state index contributed by atoms with van der Waals surface area (Å²) in [5.41, 5.74) is 7.02. The minimum atomic E-state index is 0.0245. The summed E-state index contributed by atoms with van der Waals surface area (Å²) in [5.74, 6) is 0. The van der Waals surface area contributed by atoms with Crippen molar-refractivity contribution in [2.75, 3.05) is 13.2 Å². The van der Waals surface area contributed by atoms with Crippen molar-refractivity contribution in [1.29, 1.82) is 0 Å². The summed E-state index contributed by atoms with van der Waals surface area (Å²) >= 11 is 6.03. The summed E-state index contributed by atoms with van der Waals surface area (Å²) in [5, 5.41) is 0.781. The Labute approximate surface area is 96.4 Å². The summed E-state index contributed by atoms with van der Waals surface area (Å²) in [6.45, 7) is 3.45. The van der Waals surface area contributed by atoms with E-state index in [1.807, 2.05) is 24.3 Å². The number of benzene rings is 1. The van der Waals surface area contributed by atoms with E-state index in [0.717, 1.165) is 30.0 Å². The van der Waals surface area contributed by atoms with Gasteiger partial charge in [0.05, 0.1) is 6.61 Å². The van der Waals surface area contributed by atoms with Crippen molar-refractivity contribution in [3.8, 4) is 0 Å². The Hall–Kier alpha value is -0.570. The second kappa shape index (κ2) is 6.83. The fourth-order valence-corrected chi connectivity index (χ4v) is 1.60. The average Bonchev–Trinajstić information content (AvgIpc) is 2.22. The van der Waals surface area contributed by atoms with Crippen LogP contribution in [0.1, 0.15) is 18.9 Å². The quantitative estimate of drug-likeness (QED) is 0.759. The van der Waals surface area contributed by atoms with E-state index in [4.69, 9.17) is 22.1 Å². The van der Waals surface area contributed by atoms with Crippen LogP contribution < -0.4 is 5.73 Å². The molecule has 15 heavy (non-hydrogen) atoms. The van der Waals surface area contributed by atoms with Gasteiger partial charge in [0.25, 0.3) is 0 Å². The average molecular weight is 228 g/mol. The summed E-state index contributed by atoms with van der Waals surface area (Å²) in [6.07, 6.45) is 1.79. The molecule has 0 bridgehead atoms. The predicted molar refractivity (Wildman–Crippen MR) is 64.2 cm³/mol. The molecule has 0 aliphatic heterocycles. The molecule has 1 rings (SSSR count). The Morgan fingerprint density at radius 1 is 1.40 bits per heavy atom. The lowest BCUT2D eigenvalue weighted by atomic mass is 10.1. The summed E-state index contributed by atoms with van der Waals surface area (Å²) in [4.78, 5) is 0. The predicted octanol–water partition coefficient (Wildman–Crippen LogP) is 2.64. The minimum absolute atomic E-state index is 0.0245. The lowest BCUT2D eigenvalue weighted by molar-refractivity contribution is 0.121. The van der Waals surface area contributed by atoms with Crippen LogP contribution in [0.2, 0.25) is 5.02 Å². The third-order valence-corrected chi connectivity index (χ3v) is 2.49. The SMILES string of the molecule is CCCOCC(N)Cc1ccccc1Cl. The molecule has 0 aromatic heterocycles. The van der Waals surface area contributed by atoms with Crippen molar-refractivity contribution >= 4 is 11.6 Å². The largest absolute Gasteiger partial charge is 0.380 e. The third-order valence-electron chi connectivity index (χ3n) is 2.12. The molecule has 1 unspecified atom stereocenters. The first-order chi connectivity index (χ1) is 7.24. The van der Waals surface area contributed by atoms with Gasteiger partial charge in [-0.15, -0.1) is 0 Å². The molecule has 0 amide bonds. The molecule has 0 saturated heterocycles. The minimum Gasteiger partial charge on any atom is -0.380 e. The molecule has 0 saturated carbocycles. The summed E-state index contributed by atoms with van der Waals surface area (Å²) in [6, 6.07) is 7.81. The highest BCUT2D eigenvalue weighted by molar-refractivity contribution is 6.31. The van der Waals surface area contributed by atoms with Gasteiger partial charge in [-0.3, -0.25) is 0 Å². The van der Waals surface area contributed by atoms with Crippen LogP contribution in [0.25, 0.3) is 0 Å². The number of hydrogen-bond donors (Lipinski definition) is 1. The lowest BCUT2D eigenvalue weighted by Crippen LogP contribution is -2.28. The zero-order valence-electron chi connectivity index (χ0n) is 9.08. The van der Waals surface area contributed by atoms with Crippen LogP contribution in [0.3, 0.4) is 0 Å². The molecule has 1 aromatic carbocycles. The van der Waals surface area contributed by atoms with Gasteiger partial charge in [-0.1, -0.05) is 36.7 Å². The van der Waals surface area contributed by atoms with Crippen molar-refractivity contribution < 1.29 is 4.74 Å². The molecule has 0 fully saturated rings. The molecule has 2 N–H and O–H groups in total. The first-order valence-electron chi connectivity index (χ1n) is 5.30. The highest BCUT2D eigenvalue weighted by atomic mass is 35.5. The molecule has 0 spiro atoms. The van der Waals surface area contributed by atoms with Crippen LogP contribution in [0.15, 0.2) is 24.3 Å². The van der Waals surface area contributed by atoms with Gasteiger partial charge in [0.15, 0.2) is 0 Å². The second-order valence-electron chi connectivity index (χ2n) is 3.63. The van der Waals surface area contributed by atoms with Gasteiger partial charge in [0.1, 0.15) is 0 Å². The van der Waals surface area contributed by atoms with Crippen LogP contribution >= 0.6 is 11.6 Å². The van der Waals surface area contributed by atoms with Crippen LogP contribution in [-0.2, 0) is 11.2 Å². The van der Waals surface area contributed by atoms with E-state index in [2.05, 4.69) is 6.92 Å². The molecular weight excluding hydrogens is 210 g/mol. The van der Waals surface area contributed by atoms with Gasteiger partial charge in [-0.2, -0.15) is 0 Å². The van der Waals surface area contributed by atoms with Gasteiger partial charge < -0.3 is 10.5 Å². The maximum absolute atomic E-state index is 6.03. The van der Waals surface area contributed by atoms with Gasteiger partial charge in [-0.05, 0) is 24.5 Å². The van der Waals surface area contributed by atoms with Crippen molar-refractivity contribution in [3.05, 3.63) is 34.9 Å². The monoisotopic (exact) mass is 227 g/mol. The van der Waals surface area contributed by atoms with Crippen molar-refractivity contribution in [2.45, 2.75) is 25.8 Å². The first-order valence-corrected chi connectivity index (χ1v) is 5.68. The van der Waals surface area contributed by atoms with E-state index < -0.39 is 0 Å². The van der Waals surface area contributed by atoms with Crippen molar-refractivity contribution in [1.82, 2.24) is 0 Å². The van der Waals surface area contributed by atoms with Crippen LogP contribution in [0, 0.1) is 0 Å². The Balaban J connectivity index is 2.37. The Bertz CT molecular complexity index is 291. The summed E-state index contributed by atoms with van der Waals surface area (Å²) < 4.78 is 5.39. The zero-order valence-corrected chi connectivity index (χ0v) is 9.83. The van der Waals surface area contributed by atoms with E-state index in [1.165, 1.54) is 0 Å². The van der Waals surface area contributed by atoms with Gasteiger partial charge >= 0.3 is 0 Å². The molecule has 0 radical (unpaired) electrons. The molecule has 0 aliphatic carbocycles. The molecule has 0 heterocycles. The number of nitrogens with two attached hydrogens (primary N) is 1. The smallest absolute Gasteiger partial charge is 0.0620 e. The van der Waals surface area contributed by atoms with Crippen molar-refractivity contribution in [3.63, 3.8) is 0 Å². The van der Waals surface area contributed by atoms with Gasteiger partial charge in [0, 0.05) is 17.7 Å². The maximum Gasteiger partial charge on any atom is 0.0620 e. The molecule has 0 aliphatic rings. The Morgan fingerprint density at radius 3 is 2.80 bits per heavy atom. The van der Waals surface area contributed by atoms with Gasteiger partial charge in [0.2, 0.25) is 0 Å². The van der Waals surface area contributed by atoms with Crippen LogP contribution in [-0.4, -0.2) is 19.3 Å². The number of halogens is 1. The normalized spacial score (nSPS) is 12.7. The highest BCUT2D eigenvalue weighted by Crippen LogP contribution is 2.16. The lowest BCUT2D eigenvalue weighted by Gasteiger charge is -2.12. The number of hydrogen-bond acceptors (Lipinski definition) is 2. The maximum atomic E-state index is 6.03. The standard InChI is InChI=1S/C12H18ClNO/c1-2-7-15-9-11(14)8-10-5-3-4-6-12(10)13/h3-6,11H,2,7-9,14H2,1H3. The fourth-order valence-electron chi connectivity index (χ4n) is 1.38. The Kier molecular flexibility index (Phi) is 5.69. The highest BCUT2D eigenvalue weighted by Gasteiger charge is 2.06. The van der Waals surface area contributed by atoms with E-state index >= 15 is 0 Å². The molecule has 1 aromatic rings. The first kappa shape index (κ1) is 12.5. The molecule has 3 heteroatoms. The molecule has 84 valence electrons. The zero-order chi connectivity index (χ0) is 11.1. The number of rotatable bonds is 6. The third kappa shape index (κ3) is 4.65. The Morgan fingerprint density at radius 2 is 2.13 bits per heavy atom. The van der Waals surface area contributed by atoms with E-state index in [0.29, 0.717) is 6.61 Å². The van der Waals surface area contributed by atoms with Crippen LogP contribution in [0.4, 0.5) is 0 Å². The van der Waals surface area contributed by atoms with E-state index in [1.54, 1.807) is 0 Å². The second-order valence-corrected chi connectivity index (χ2v) is 4.04. The van der Waals surface area contributed by atoms with E-state index in [-0.39, 0.29) is 6.04 Å². The summed E-state index contributed by atoms with van der Waals surface area (Å²) in [7, 11) is 0. The van der Waals surface area contributed by atoms with Gasteiger partial charge in [-0.25, -0.2) is 0 Å². The van der Waals surface area contributed by atoms with Crippen LogP contribution in [0.5, 0.6) is 0 Å². The molecule has 2 nitrogen and oxygen atoms in total. The topological polar surface area (TPSA) is 35.2 Å². The molecular formula is C12H18ClNO. The molecule has 1 atom stereocenters.